The lowest BCUT2D eigenvalue weighted by Crippen LogP contribution is -2.21. The molecular weight excluding hydrogens is 539 g/mol. The zero-order valence-corrected chi connectivity index (χ0v) is 19.3. The molecule has 3 rings (SSSR count). The zero-order valence-electron chi connectivity index (χ0n) is 18.5. The molecular formula is C21H14F7N3O5S. The summed E-state index contributed by atoms with van der Waals surface area (Å²) in [5.74, 6) is -8.29. The summed E-state index contributed by atoms with van der Waals surface area (Å²) in [7, 11) is -3.71. The average molecular weight is 553 g/mol. The third-order valence-electron chi connectivity index (χ3n) is 4.63. The second kappa shape index (κ2) is 10.2. The van der Waals surface area contributed by atoms with Crippen LogP contribution in [0.25, 0.3) is 0 Å². The highest BCUT2D eigenvalue weighted by atomic mass is 32.2. The van der Waals surface area contributed by atoms with E-state index in [9.17, 15) is 43.9 Å². The summed E-state index contributed by atoms with van der Waals surface area (Å²) in [5, 5.41) is 8.31. The van der Waals surface area contributed by atoms with Gasteiger partial charge in [0.25, 0.3) is 11.8 Å². The van der Waals surface area contributed by atoms with Crippen molar-refractivity contribution in [3.05, 3.63) is 64.9 Å². The van der Waals surface area contributed by atoms with Crippen LogP contribution in [-0.4, -0.2) is 37.4 Å². The number of alkyl halides is 5. The lowest BCUT2D eigenvalue weighted by atomic mass is 10.1. The molecule has 0 aliphatic rings. The Kier molecular flexibility index (Phi) is 7.62. The van der Waals surface area contributed by atoms with Crippen LogP contribution in [0.2, 0.25) is 0 Å². The molecule has 0 aliphatic heterocycles. The summed E-state index contributed by atoms with van der Waals surface area (Å²) >= 11 is 0. The molecule has 0 saturated heterocycles. The molecule has 0 fully saturated rings. The first-order valence-electron chi connectivity index (χ1n) is 9.76. The topological polar surface area (TPSA) is 107 Å². The number of carbonyl (C=O) groups excluding carboxylic acids is 1. The maximum atomic E-state index is 14.4. The highest BCUT2D eigenvalue weighted by molar-refractivity contribution is 7.90. The molecule has 3 aromatic rings. The number of anilines is 1. The molecule has 1 N–H and O–H groups in total. The summed E-state index contributed by atoms with van der Waals surface area (Å²) in [6.07, 6.45) is -4.19. The Morgan fingerprint density at radius 1 is 1.03 bits per heavy atom. The van der Waals surface area contributed by atoms with Crippen LogP contribution in [0, 0.1) is 18.6 Å². The number of amides is 1. The van der Waals surface area contributed by atoms with Gasteiger partial charge < -0.3 is 14.8 Å². The predicted molar refractivity (Wildman–Crippen MR) is 112 cm³/mol. The molecule has 37 heavy (non-hydrogen) atoms. The number of carbonyl (C=O) groups is 1. The Labute approximate surface area is 204 Å². The van der Waals surface area contributed by atoms with Gasteiger partial charge in [0.1, 0.15) is 5.56 Å². The van der Waals surface area contributed by atoms with Crippen molar-refractivity contribution in [3.8, 4) is 17.4 Å². The van der Waals surface area contributed by atoms with Crippen molar-refractivity contribution in [2.24, 2.45) is 0 Å². The molecule has 0 spiro atoms. The molecule has 0 aliphatic carbocycles. The van der Waals surface area contributed by atoms with E-state index >= 15 is 0 Å². The number of aromatic nitrogens is 2. The van der Waals surface area contributed by atoms with Gasteiger partial charge in [0, 0.05) is 11.9 Å². The van der Waals surface area contributed by atoms with Crippen LogP contribution in [0.15, 0.2) is 41.3 Å². The smallest absolute Gasteiger partial charge is 0.434 e. The Morgan fingerprint density at radius 2 is 1.65 bits per heavy atom. The van der Waals surface area contributed by atoms with Gasteiger partial charge in [-0.2, -0.15) is 30.7 Å². The fourth-order valence-corrected chi connectivity index (χ4v) is 3.66. The van der Waals surface area contributed by atoms with Gasteiger partial charge in [-0.15, -0.1) is 10.2 Å². The molecule has 1 amide bonds. The normalized spacial score (nSPS) is 11.9. The Bertz CT molecular complexity index is 1460. The largest absolute Gasteiger partial charge is 0.435 e. The van der Waals surface area contributed by atoms with E-state index in [0.29, 0.717) is 12.1 Å². The van der Waals surface area contributed by atoms with E-state index in [1.165, 1.54) is 18.2 Å². The van der Waals surface area contributed by atoms with E-state index in [1.54, 1.807) is 0 Å². The number of nitrogens with zero attached hydrogens (tertiary/aromatic N) is 2. The molecule has 16 heteroatoms. The number of nitrogens with one attached hydrogen (secondary N) is 1. The third-order valence-corrected chi connectivity index (χ3v) is 5.74. The quantitative estimate of drug-likeness (QED) is 0.404. The lowest BCUT2D eigenvalue weighted by molar-refractivity contribution is -0.142. The van der Waals surface area contributed by atoms with Crippen molar-refractivity contribution in [1.29, 1.82) is 0 Å². The number of benzene rings is 2. The van der Waals surface area contributed by atoms with Crippen LogP contribution in [-0.2, 0) is 16.0 Å². The Morgan fingerprint density at radius 3 is 2.24 bits per heavy atom. The van der Waals surface area contributed by atoms with Crippen molar-refractivity contribution in [2.45, 2.75) is 24.6 Å². The van der Waals surface area contributed by atoms with E-state index < -0.39 is 74.4 Å². The van der Waals surface area contributed by atoms with Gasteiger partial charge in [-0.05, 0) is 42.8 Å². The molecule has 2 aromatic carbocycles. The van der Waals surface area contributed by atoms with E-state index in [0.717, 1.165) is 19.2 Å². The summed E-state index contributed by atoms with van der Waals surface area (Å²) in [4.78, 5) is 12.7. The van der Waals surface area contributed by atoms with Crippen LogP contribution in [0.1, 0.15) is 21.6 Å². The fourth-order valence-electron chi connectivity index (χ4n) is 2.99. The van der Waals surface area contributed by atoms with Crippen LogP contribution >= 0.6 is 0 Å². The minimum atomic E-state index is -5.08. The van der Waals surface area contributed by atoms with Crippen molar-refractivity contribution < 1.29 is 53.4 Å². The summed E-state index contributed by atoms with van der Waals surface area (Å²) in [6.45, 7) is -2.65. The first kappa shape index (κ1) is 27.6. The minimum absolute atomic E-state index is 0.144. The van der Waals surface area contributed by atoms with Crippen molar-refractivity contribution in [1.82, 2.24) is 10.2 Å². The van der Waals surface area contributed by atoms with Crippen molar-refractivity contribution in [2.75, 3.05) is 11.6 Å². The van der Waals surface area contributed by atoms with Crippen molar-refractivity contribution in [3.63, 3.8) is 0 Å². The van der Waals surface area contributed by atoms with Gasteiger partial charge in [-0.1, -0.05) is 6.07 Å². The molecule has 0 radical (unpaired) electrons. The van der Waals surface area contributed by atoms with Crippen molar-refractivity contribution >= 4 is 21.4 Å². The monoisotopic (exact) mass is 553 g/mol. The van der Waals surface area contributed by atoms with E-state index in [-0.39, 0.29) is 10.6 Å². The zero-order chi connectivity index (χ0) is 27.7. The highest BCUT2D eigenvalue weighted by Crippen LogP contribution is 2.37. The number of hydrogen-bond acceptors (Lipinski definition) is 7. The van der Waals surface area contributed by atoms with Gasteiger partial charge in [-0.25, -0.2) is 8.42 Å². The molecule has 1 heterocycles. The highest BCUT2D eigenvalue weighted by Gasteiger charge is 2.38. The first-order valence-corrected chi connectivity index (χ1v) is 11.6. The molecule has 0 unspecified atom stereocenters. The second-order valence-corrected chi connectivity index (χ2v) is 9.29. The standard InChI is InChI=1S/C21H14F7N3O5S/c1-9-14(18(32)29-10-4-3-5-11(8-10)37(2,33)34)19(31-30-17(9)21(26,27)28)35-12-6-7-13(36-20(24)25)16(23)15(12)22/h3-8,20H,1-2H3,(H,29,32). The predicted octanol–water partition coefficient (Wildman–Crippen LogP) is 5.13. The van der Waals surface area contributed by atoms with Crippen LogP contribution in [0.5, 0.6) is 17.4 Å². The molecule has 198 valence electrons. The Hall–Kier alpha value is -3.95. The van der Waals surface area contributed by atoms with Gasteiger partial charge in [0.2, 0.25) is 11.6 Å². The van der Waals surface area contributed by atoms with Gasteiger partial charge >= 0.3 is 12.8 Å². The van der Waals surface area contributed by atoms with E-state index in [4.69, 9.17) is 4.74 Å². The number of rotatable bonds is 7. The second-order valence-electron chi connectivity index (χ2n) is 7.28. The van der Waals surface area contributed by atoms with E-state index in [1.807, 2.05) is 0 Å². The van der Waals surface area contributed by atoms with Crippen LogP contribution in [0.4, 0.5) is 36.4 Å². The van der Waals surface area contributed by atoms with Gasteiger partial charge in [0.15, 0.2) is 27.0 Å². The molecule has 0 saturated carbocycles. The van der Waals surface area contributed by atoms with Crippen LogP contribution < -0.4 is 14.8 Å². The fraction of sp³-hybridized carbons (Fsp3) is 0.190. The molecule has 0 atom stereocenters. The number of hydrogen-bond donors (Lipinski definition) is 1. The molecule has 8 nitrogen and oxygen atoms in total. The first-order chi connectivity index (χ1) is 17.1. The lowest BCUT2D eigenvalue weighted by Gasteiger charge is -2.16. The van der Waals surface area contributed by atoms with E-state index in [2.05, 4.69) is 20.3 Å². The average Bonchev–Trinajstić information content (AvgIpc) is 2.77. The molecule has 0 bridgehead atoms. The van der Waals surface area contributed by atoms with Gasteiger partial charge in [0.05, 0.1) is 4.90 Å². The summed E-state index contributed by atoms with van der Waals surface area (Å²) in [5.41, 5.74) is -3.45. The SMILES string of the molecule is Cc1c(C(F)(F)F)nnc(Oc2ccc(OC(F)F)c(F)c2F)c1C(=O)Nc1cccc(S(C)(=O)=O)c1. The number of ether oxygens (including phenoxy) is 2. The minimum Gasteiger partial charge on any atom is -0.434 e. The Balaban J connectivity index is 2.08. The number of sulfone groups is 1. The number of halogens is 7. The molecule has 1 aromatic heterocycles. The van der Waals surface area contributed by atoms with Crippen LogP contribution in [0.3, 0.4) is 0 Å². The van der Waals surface area contributed by atoms with Gasteiger partial charge in [-0.3, -0.25) is 4.79 Å². The maximum absolute atomic E-state index is 14.4. The summed E-state index contributed by atoms with van der Waals surface area (Å²) < 4.78 is 126. The maximum Gasteiger partial charge on any atom is 0.435 e. The summed E-state index contributed by atoms with van der Waals surface area (Å²) in [6, 6.07) is 5.89. The third kappa shape index (κ3) is 6.25.